The first-order chi connectivity index (χ1) is 15.0. The van der Waals surface area contributed by atoms with Crippen LogP contribution in [0.1, 0.15) is 36.0 Å². The third kappa shape index (κ3) is 4.51. The monoisotopic (exact) mass is 431 g/mol. The van der Waals surface area contributed by atoms with Gasteiger partial charge in [0.05, 0.1) is 4.90 Å². The van der Waals surface area contributed by atoms with Gasteiger partial charge in [-0.15, -0.1) is 0 Å². The van der Waals surface area contributed by atoms with E-state index in [1.165, 1.54) is 0 Å². The molecule has 1 aliphatic carbocycles. The lowest BCUT2D eigenvalue weighted by Gasteiger charge is -2.42. The minimum absolute atomic E-state index is 0.201. The van der Waals surface area contributed by atoms with Crippen molar-refractivity contribution in [1.82, 2.24) is 4.72 Å². The van der Waals surface area contributed by atoms with Crippen molar-refractivity contribution in [2.24, 2.45) is 5.92 Å². The fourth-order valence-corrected chi connectivity index (χ4v) is 5.71. The Morgan fingerprint density at radius 2 is 1.45 bits per heavy atom. The van der Waals surface area contributed by atoms with Crippen LogP contribution in [-0.4, -0.2) is 15.0 Å². The average Bonchev–Trinajstić information content (AvgIpc) is 2.82. The molecule has 3 nitrogen and oxygen atoms in total. The van der Waals surface area contributed by atoms with Gasteiger partial charge in [-0.25, -0.2) is 13.1 Å². The van der Waals surface area contributed by atoms with Crippen LogP contribution in [-0.2, 0) is 15.4 Å². The van der Waals surface area contributed by atoms with Crippen LogP contribution in [0, 0.1) is 12.8 Å². The molecule has 0 heterocycles. The van der Waals surface area contributed by atoms with E-state index in [2.05, 4.69) is 41.1 Å². The summed E-state index contributed by atoms with van der Waals surface area (Å²) in [6.45, 7) is 2.25. The summed E-state index contributed by atoms with van der Waals surface area (Å²) in [6, 6.07) is 27.6. The second kappa shape index (κ2) is 9.21. The van der Waals surface area contributed by atoms with Gasteiger partial charge in [0.2, 0.25) is 10.0 Å². The Labute approximate surface area is 185 Å². The first kappa shape index (κ1) is 21.5. The van der Waals surface area contributed by atoms with Gasteiger partial charge in [0.15, 0.2) is 0 Å². The molecule has 0 fully saturated rings. The van der Waals surface area contributed by atoms with Gasteiger partial charge in [-0.3, -0.25) is 0 Å². The Morgan fingerprint density at radius 3 is 1.97 bits per heavy atom. The fraction of sp³-hybridized carbons (Fsp3) is 0.259. The molecule has 0 bridgehead atoms. The molecule has 1 aliphatic rings. The summed E-state index contributed by atoms with van der Waals surface area (Å²) in [6.07, 6.45) is 7.72. The third-order valence-electron chi connectivity index (χ3n) is 6.34. The van der Waals surface area contributed by atoms with Crippen LogP contribution in [0.25, 0.3) is 0 Å². The zero-order valence-corrected chi connectivity index (χ0v) is 18.7. The first-order valence-corrected chi connectivity index (χ1v) is 12.3. The number of sulfonamides is 1. The third-order valence-corrected chi connectivity index (χ3v) is 7.75. The van der Waals surface area contributed by atoms with Gasteiger partial charge < -0.3 is 0 Å². The van der Waals surface area contributed by atoms with Crippen molar-refractivity contribution in [3.63, 3.8) is 0 Å². The van der Waals surface area contributed by atoms with Gasteiger partial charge in [-0.1, -0.05) is 90.5 Å². The number of aryl methyl sites for hydroxylation is 1. The van der Waals surface area contributed by atoms with E-state index in [9.17, 15) is 8.42 Å². The van der Waals surface area contributed by atoms with Crippen molar-refractivity contribution in [1.29, 1.82) is 0 Å². The number of hydrogen-bond acceptors (Lipinski definition) is 2. The molecule has 0 amide bonds. The van der Waals surface area contributed by atoms with Crippen molar-refractivity contribution < 1.29 is 8.42 Å². The summed E-state index contributed by atoms with van der Waals surface area (Å²) in [5.41, 5.74) is 2.81. The van der Waals surface area contributed by atoms with Gasteiger partial charge >= 0.3 is 0 Å². The van der Waals surface area contributed by atoms with E-state index in [0.29, 0.717) is 11.4 Å². The topological polar surface area (TPSA) is 46.2 Å². The predicted molar refractivity (Wildman–Crippen MR) is 127 cm³/mol. The predicted octanol–water partition coefficient (Wildman–Crippen LogP) is 5.62. The molecule has 3 aromatic carbocycles. The molecule has 1 N–H and O–H groups in total. The molecule has 4 rings (SSSR count). The maximum Gasteiger partial charge on any atom is 0.240 e. The summed E-state index contributed by atoms with van der Waals surface area (Å²) in [4.78, 5) is 0.298. The number of benzene rings is 3. The van der Waals surface area contributed by atoms with Gasteiger partial charge in [-0.2, -0.15) is 0 Å². The van der Waals surface area contributed by atoms with E-state index in [-0.39, 0.29) is 5.92 Å². The van der Waals surface area contributed by atoms with Crippen LogP contribution in [0.5, 0.6) is 0 Å². The highest BCUT2D eigenvalue weighted by Crippen LogP contribution is 2.43. The summed E-state index contributed by atoms with van der Waals surface area (Å²) in [7, 11) is -3.64. The van der Waals surface area contributed by atoms with Crippen molar-refractivity contribution in [3.05, 3.63) is 114 Å². The summed E-state index contributed by atoms with van der Waals surface area (Å²) in [5.74, 6) is 0.201. The Bertz CT molecular complexity index is 1080. The summed E-state index contributed by atoms with van der Waals surface area (Å²) < 4.78 is 29.4. The highest BCUT2D eigenvalue weighted by atomic mass is 32.2. The molecule has 31 heavy (non-hydrogen) atoms. The minimum atomic E-state index is -3.64. The Morgan fingerprint density at radius 1 is 0.871 bits per heavy atom. The highest BCUT2D eigenvalue weighted by molar-refractivity contribution is 7.89. The summed E-state index contributed by atoms with van der Waals surface area (Å²) >= 11 is 0. The summed E-state index contributed by atoms with van der Waals surface area (Å²) in [5, 5.41) is 0. The molecular weight excluding hydrogens is 402 g/mol. The van der Waals surface area contributed by atoms with E-state index in [4.69, 9.17) is 0 Å². The molecule has 1 unspecified atom stereocenters. The maximum absolute atomic E-state index is 13.2. The van der Waals surface area contributed by atoms with Crippen molar-refractivity contribution in [2.75, 3.05) is 6.54 Å². The van der Waals surface area contributed by atoms with E-state index < -0.39 is 15.4 Å². The number of rotatable bonds is 7. The fourth-order valence-electron chi connectivity index (χ4n) is 4.63. The molecule has 0 aromatic heterocycles. The van der Waals surface area contributed by atoms with Gasteiger partial charge in [0.1, 0.15) is 0 Å². The van der Waals surface area contributed by atoms with Crippen LogP contribution >= 0.6 is 0 Å². The van der Waals surface area contributed by atoms with E-state index in [1.54, 1.807) is 12.1 Å². The smallest absolute Gasteiger partial charge is 0.210 e. The normalized spacial score (nSPS) is 16.9. The van der Waals surface area contributed by atoms with Crippen LogP contribution in [0.2, 0.25) is 0 Å². The molecule has 160 valence electrons. The number of hydrogen-bond donors (Lipinski definition) is 1. The minimum Gasteiger partial charge on any atom is -0.210 e. The highest BCUT2D eigenvalue weighted by Gasteiger charge is 2.42. The lowest BCUT2D eigenvalue weighted by Crippen LogP contribution is -2.46. The average molecular weight is 432 g/mol. The Hall–Kier alpha value is -2.69. The van der Waals surface area contributed by atoms with Crippen molar-refractivity contribution in [3.8, 4) is 0 Å². The first-order valence-electron chi connectivity index (χ1n) is 10.9. The Balaban J connectivity index is 1.80. The molecule has 0 radical (unpaired) electrons. The quantitative estimate of drug-likeness (QED) is 0.494. The van der Waals surface area contributed by atoms with Crippen molar-refractivity contribution in [2.45, 2.75) is 36.5 Å². The Kier molecular flexibility index (Phi) is 6.40. The molecular formula is C27H29NO2S. The van der Waals surface area contributed by atoms with Crippen LogP contribution in [0.3, 0.4) is 0 Å². The van der Waals surface area contributed by atoms with Crippen LogP contribution in [0.15, 0.2) is 102 Å². The second-order valence-corrected chi connectivity index (χ2v) is 10.1. The van der Waals surface area contributed by atoms with Gasteiger partial charge in [0.25, 0.3) is 0 Å². The molecule has 4 heteroatoms. The maximum atomic E-state index is 13.2. The molecule has 0 spiro atoms. The van der Waals surface area contributed by atoms with Crippen molar-refractivity contribution >= 4 is 10.0 Å². The lowest BCUT2D eigenvalue weighted by molar-refractivity contribution is 0.342. The molecule has 1 atom stereocenters. The zero-order chi connectivity index (χ0) is 21.7. The largest absolute Gasteiger partial charge is 0.240 e. The van der Waals surface area contributed by atoms with Gasteiger partial charge in [0, 0.05) is 12.0 Å². The SMILES string of the molecule is Cc1ccc(S(=O)(=O)NCC(c2ccccc2)(c2ccccc2)C2C=CCCC2)cc1. The van der Waals surface area contributed by atoms with Crippen LogP contribution < -0.4 is 4.72 Å². The second-order valence-electron chi connectivity index (χ2n) is 8.31. The number of allylic oxidation sites excluding steroid dienone is 2. The molecule has 0 saturated heterocycles. The molecule has 0 saturated carbocycles. The van der Waals surface area contributed by atoms with E-state index >= 15 is 0 Å². The zero-order valence-electron chi connectivity index (χ0n) is 17.9. The molecule has 0 aliphatic heterocycles. The standard InChI is InChI=1S/C27H29NO2S/c1-22-17-19-26(20-18-22)31(29,30)28-21-27(23-11-5-2-6-12-23,24-13-7-3-8-14-24)25-15-9-4-10-16-25/h2-3,5-9,11-15,17-20,25,28H,4,10,16,21H2,1H3. The lowest BCUT2D eigenvalue weighted by atomic mass is 9.63. The van der Waals surface area contributed by atoms with Gasteiger partial charge in [-0.05, 0) is 55.4 Å². The van der Waals surface area contributed by atoms with Crippen LogP contribution in [0.4, 0.5) is 0 Å². The van der Waals surface area contributed by atoms with E-state index in [1.807, 2.05) is 55.5 Å². The van der Waals surface area contributed by atoms with E-state index in [0.717, 1.165) is 36.0 Å². The number of nitrogens with one attached hydrogen (secondary N) is 1. The molecule has 3 aromatic rings.